The molecule has 6 N–H and O–H groups in total. The molecule has 1 aromatic heterocycles. The van der Waals surface area contributed by atoms with E-state index in [9.17, 15) is 14.4 Å². The van der Waals surface area contributed by atoms with Gasteiger partial charge in [0.25, 0.3) is 5.91 Å². The Labute approximate surface area is 221 Å². The molecule has 2 aliphatic carbocycles. The molecule has 0 bridgehead atoms. The van der Waals surface area contributed by atoms with Crippen LogP contribution in [0.2, 0.25) is 0 Å². The summed E-state index contributed by atoms with van der Waals surface area (Å²) in [4.78, 5) is 36.7. The molecule has 0 spiro atoms. The number of carbonyl (C=O) groups excluding carboxylic acids is 3. The van der Waals surface area contributed by atoms with Crippen molar-refractivity contribution in [2.24, 2.45) is 11.5 Å². The molecular weight excluding hydrogens is 488 g/mol. The number of rotatable bonds is 10. The molecule has 2 aromatic rings. The third kappa shape index (κ3) is 7.66. The Bertz CT molecular complexity index is 1120. The van der Waals surface area contributed by atoms with Crippen molar-refractivity contribution in [2.75, 3.05) is 5.32 Å². The van der Waals surface area contributed by atoms with Gasteiger partial charge in [0.2, 0.25) is 0 Å². The molecule has 1 heterocycles. The van der Waals surface area contributed by atoms with Crippen LogP contribution < -0.4 is 22.1 Å². The van der Waals surface area contributed by atoms with Crippen molar-refractivity contribution < 1.29 is 19.1 Å². The third-order valence-electron chi connectivity index (χ3n) is 7.02. The quantitative estimate of drug-likeness (QED) is 0.317. The second-order valence-corrected chi connectivity index (χ2v) is 10.9. The molecule has 198 valence electrons. The van der Waals surface area contributed by atoms with Crippen LogP contribution in [0.3, 0.4) is 0 Å². The zero-order valence-electron chi connectivity index (χ0n) is 21.0. The van der Waals surface area contributed by atoms with Gasteiger partial charge in [-0.05, 0) is 62.1 Å². The largest absolute Gasteiger partial charge is 0.461 e. The fraction of sp³-hybridized carbons (Fsp3) is 0.464. The number of amides is 3. The second-order valence-electron chi connectivity index (χ2n) is 9.86. The first kappa shape index (κ1) is 26.9. The summed E-state index contributed by atoms with van der Waals surface area (Å²) in [6.45, 7) is 0. The molecule has 9 heteroatoms. The van der Waals surface area contributed by atoms with Gasteiger partial charge in [-0.2, -0.15) is 0 Å². The summed E-state index contributed by atoms with van der Waals surface area (Å²) >= 11 is 1.24. The fourth-order valence-corrected chi connectivity index (χ4v) is 6.13. The van der Waals surface area contributed by atoms with Gasteiger partial charge in [0.05, 0.1) is 5.56 Å². The number of urea groups is 1. The Morgan fingerprint density at radius 3 is 2.32 bits per heavy atom. The van der Waals surface area contributed by atoms with E-state index in [1.54, 1.807) is 6.07 Å². The van der Waals surface area contributed by atoms with Crippen molar-refractivity contribution in [3.8, 4) is 10.4 Å². The summed E-state index contributed by atoms with van der Waals surface area (Å²) in [5.74, 6) is -0.769. The van der Waals surface area contributed by atoms with Gasteiger partial charge in [-0.1, -0.05) is 55.7 Å². The zero-order chi connectivity index (χ0) is 26.2. The molecule has 4 rings (SSSR count). The number of nitrogens with two attached hydrogens (primary N) is 2. The van der Waals surface area contributed by atoms with Crippen LogP contribution in [0, 0.1) is 0 Å². The molecule has 0 unspecified atom stereocenters. The van der Waals surface area contributed by atoms with Crippen molar-refractivity contribution in [2.45, 2.75) is 82.4 Å². The molecule has 1 atom stereocenters. The minimum atomic E-state index is -0.750. The smallest absolute Gasteiger partial charge is 0.323 e. The summed E-state index contributed by atoms with van der Waals surface area (Å²) in [6, 6.07) is 8.75. The number of hydrogen-bond acceptors (Lipinski definition) is 6. The highest BCUT2D eigenvalue weighted by atomic mass is 32.1. The molecule has 37 heavy (non-hydrogen) atoms. The predicted molar refractivity (Wildman–Crippen MR) is 147 cm³/mol. The Balaban J connectivity index is 1.40. The maximum Gasteiger partial charge on any atom is 0.323 e. The van der Waals surface area contributed by atoms with E-state index >= 15 is 0 Å². The monoisotopic (exact) mass is 524 g/mol. The highest BCUT2D eigenvalue weighted by molar-refractivity contribution is 7.20. The van der Waals surface area contributed by atoms with E-state index < -0.39 is 11.9 Å². The van der Waals surface area contributed by atoms with E-state index in [0.717, 1.165) is 54.5 Å². The van der Waals surface area contributed by atoms with Crippen LogP contribution in [0.4, 0.5) is 9.80 Å². The van der Waals surface area contributed by atoms with E-state index in [4.69, 9.17) is 16.2 Å². The Morgan fingerprint density at radius 2 is 1.68 bits per heavy atom. The first-order valence-corrected chi connectivity index (χ1v) is 13.9. The lowest BCUT2D eigenvalue weighted by Crippen LogP contribution is -2.45. The number of anilines is 1. The number of carbonyl (C=O) groups is 3. The maximum atomic E-state index is 13.0. The first-order chi connectivity index (χ1) is 17.9. The Morgan fingerprint density at radius 1 is 1.00 bits per heavy atom. The van der Waals surface area contributed by atoms with Gasteiger partial charge in [0.15, 0.2) is 0 Å². The van der Waals surface area contributed by atoms with Crippen LogP contribution in [-0.4, -0.2) is 36.1 Å². The standard InChI is InChI=1S/C28H36N4O4S/c29-25(33)22-17-24(37-26(22)32-28(30)35)19-15-13-18(14-16-19)7-6-12-23(31-20-8-2-1-3-9-20)27(34)36-21-10-4-5-11-21/h6-7,13-17,20-21,23,31H,1-5,8-12H2,(H2,29,33)(H3,30,32,35)/b7-6+/t23-/m1/s1. The lowest BCUT2D eigenvalue weighted by molar-refractivity contribution is -0.151. The lowest BCUT2D eigenvalue weighted by atomic mass is 9.94. The first-order valence-electron chi connectivity index (χ1n) is 13.1. The van der Waals surface area contributed by atoms with E-state index in [2.05, 4.69) is 10.6 Å². The molecule has 0 aliphatic heterocycles. The molecule has 8 nitrogen and oxygen atoms in total. The van der Waals surface area contributed by atoms with Crippen molar-refractivity contribution >= 4 is 40.3 Å². The molecule has 1 aromatic carbocycles. The van der Waals surface area contributed by atoms with Gasteiger partial charge < -0.3 is 21.5 Å². The molecular formula is C28H36N4O4S. The van der Waals surface area contributed by atoms with Gasteiger partial charge in [-0.15, -0.1) is 11.3 Å². The highest BCUT2D eigenvalue weighted by Crippen LogP contribution is 2.35. The summed E-state index contributed by atoms with van der Waals surface area (Å²) in [5, 5.41) is 6.37. The average Bonchev–Trinajstić information content (AvgIpc) is 3.54. The van der Waals surface area contributed by atoms with Crippen LogP contribution >= 0.6 is 11.3 Å². The number of hydrogen-bond donors (Lipinski definition) is 4. The molecule has 0 saturated heterocycles. The van der Waals surface area contributed by atoms with Crippen LogP contribution in [0.5, 0.6) is 0 Å². The Hall–Kier alpha value is -3.17. The molecule has 2 fully saturated rings. The molecule has 0 radical (unpaired) electrons. The molecule has 2 saturated carbocycles. The second kappa shape index (κ2) is 12.9. The number of esters is 1. The van der Waals surface area contributed by atoms with Gasteiger partial charge in [0.1, 0.15) is 17.1 Å². The minimum absolute atomic E-state index is 0.0608. The SMILES string of the molecule is NC(=O)Nc1sc(-c2ccc(/C=C/C[C@@H](NC3CCCCC3)C(=O)OC3CCCC3)cc2)cc1C(N)=O. The summed E-state index contributed by atoms with van der Waals surface area (Å²) in [6.07, 6.45) is 14.7. The molecule has 2 aliphatic rings. The van der Waals surface area contributed by atoms with Crippen LogP contribution in [0.1, 0.15) is 80.1 Å². The van der Waals surface area contributed by atoms with Gasteiger partial charge >= 0.3 is 12.0 Å². The highest BCUT2D eigenvalue weighted by Gasteiger charge is 2.27. The van der Waals surface area contributed by atoms with E-state index in [1.807, 2.05) is 36.4 Å². The van der Waals surface area contributed by atoms with Crippen LogP contribution in [0.15, 0.2) is 36.4 Å². The van der Waals surface area contributed by atoms with Gasteiger partial charge in [-0.25, -0.2) is 4.79 Å². The Kier molecular flexibility index (Phi) is 9.35. The zero-order valence-corrected chi connectivity index (χ0v) is 21.9. The molecule has 3 amide bonds. The third-order valence-corrected chi connectivity index (χ3v) is 8.12. The van der Waals surface area contributed by atoms with Crippen molar-refractivity contribution in [3.63, 3.8) is 0 Å². The summed E-state index contributed by atoms with van der Waals surface area (Å²) in [5.41, 5.74) is 12.7. The maximum absolute atomic E-state index is 13.0. The van der Waals surface area contributed by atoms with Gasteiger partial charge in [0, 0.05) is 10.9 Å². The predicted octanol–water partition coefficient (Wildman–Crippen LogP) is 5.18. The van der Waals surface area contributed by atoms with Crippen molar-refractivity contribution in [3.05, 3.63) is 47.5 Å². The number of ether oxygens (including phenoxy) is 1. The normalized spacial score (nSPS) is 17.6. The van der Waals surface area contributed by atoms with Gasteiger partial charge in [-0.3, -0.25) is 14.9 Å². The summed E-state index contributed by atoms with van der Waals surface area (Å²) < 4.78 is 5.83. The summed E-state index contributed by atoms with van der Waals surface area (Å²) in [7, 11) is 0. The number of primary amides is 2. The van der Waals surface area contributed by atoms with Crippen molar-refractivity contribution in [1.29, 1.82) is 0 Å². The number of benzene rings is 1. The van der Waals surface area contributed by atoms with E-state index in [-0.39, 0.29) is 23.7 Å². The van der Waals surface area contributed by atoms with E-state index in [1.165, 1.54) is 30.6 Å². The van der Waals surface area contributed by atoms with Crippen molar-refractivity contribution in [1.82, 2.24) is 5.32 Å². The average molecular weight is 525 g/mol. The topological polar surface area (TPSA) is 137 Å². The van der Waals surface area contributed by atoms with Crippen LogP contribution in [0.25, 0.3) is 16.5 Å². The lowest BCUT2D eigenvalue weighted by Gasteiger charge is -2.27. The van der Waals surface area contributed by atoms with Crippen LogP contribution in [-0.2, 0) is 9.53 Å². The van der Waals surface area contributed by atoms with E-state index in [0.29, 0.717) is 17.5 Å². The number of thiophene rings is 1. The fourth-order valence-electron chi connectivity index (χ4n) is 5.06. The minimum Gasteiger partial charge on any atom is -0.461 e. The number of nitrogens with one attached hydrogen (secondary N) is 2.